The van der Waals surface area contributed by atoms with Crippen molar-refractivity contribution in [2.24, 2.45) is 80.8 Å². The lowest BCUT2D eigenvalue weighted by Gasteiger charge is -2.61. The van der Waals surface area contributed by atoms with Crippen LogP contribution >= 0.6 is 23.4 Å². The molecule has 5 aromatic rings. The first-order valence-electron chi connectivity index (χ1n) is 30.7. The van der Waals surface area contributed by atoms with Crippen LogP contribution in [0, 0.1) is 80.8 Å². The summed E-state index contributed by atoms with van der Waals surface area (Å²) in [6.07, 6.45) is 23.2. The van der Waals surface area contributed by atoms with Gasteiger partial charge in [-0.25, -0.2) is 13.2 Å². The fraction of sp³-hybridized carbons (Fsp3) is 0.677. The van der Waals surface area contributed by atoms with E-state index in [4.69, 9.17) is 16.9 Å². The smallest absolute Gasteiger partial charge is 0.372 e. The predicted octanol–water partition coefficient (Wildman–Crippen LogP) is 12.9. The number of hydrogen-bond acceptors (Lipinski definition) is 14. The number of ketones is 2. The number of aliphatic hydroxyl groups is 2. The molecule has 0 bridgehead atoms. The van der Waals surface area contributed by atoms with E-state index in [0.29, 0.717) is 74.7 Å². The van der Waals surface area contributed by atoms with Gasteiger partial charge < -0.3 is 10.2 Å². The number of halogens is 1. The highest BCUT2D eigenvalue weighted by Crippen LogP contribution is 2.70. The Balaban J connectivity index is 0.000000147. The molecule has 0 aliphatic heterocycles. The molecule has 13 rings (SSSR count). The number of aromatic nitrogens is 6. The summed E-state index contributed by atoms with van der Waals surface area (Å²) >= 11 is 7.25. The monoisotopic (exact) mass is 1190 g/mol. The van der Waals surface area contributed by atoms with Gasteiger partial charge in [-0.15, -0.1) is 11.8 Å². The third-order valence-corrected chi connectivity index (χ3v) is 25.9. The van der Waals surface area contributed by atoms with E-state index in [1.54, 1.807) is 40.8 Å². The number of Topliss-reactive ketones (excluding diaryl/α,β-unsaturated/α-hetero) is 2. The molecule has 8 aliphatic rings. The lowest BCUT2D eigenvalue weighted by molar-refractivity contribution is -0.182. The molecule has 15 nitrogen and oxygen atoms in total. The van der Waals surface area contributed by atoms with Crippen LogP contribution in [0.3, 0.4) is 0 Å². The topological polar surface area (TPSA) is 217 Å². The Hall–Kier alpha value is -4.26. The van der Waals surface area contributed by atoms with Gasteiger partial charge in [0.15, 0.2) is 21.4 Å². The number of nitrogens with zero attached hydrogens (tertiary/aromatic N) is 6. The zero-order chi connectivity index (χ0) is 59.2. The van der Waals surface area contributed by atoms with Crippen molar-refractivity contribution in [1.29, 1.82) is 0 Å². The number of sulfone groups is 1. The second-order valence-corrected chi connectivity index (χ2v) is 32.0. The van der Waals surface area contributed by atoms with Crippen LogP contribution in [0.15, 0.2) is 70.5 Å². The van der Waals surface area contributed by atoms with Gasteiger partial charge in [0.05, 0.1) is 21.7 Å². The van der Waals surface area contributed by atoms with E-state index in [-0.39, 0.29) is 45.5 Å². The molecule has 0 spiro atoms. The number of carbonyl (C=O) groups is 3. The maximum atomic E-state index is 13.7. The van der Waals surface area contributed by atoms with Crippen molar-refractivity contribution in [3.8, 4) is 0 Å². The van der Waals surface area contributed by atoms with Gasteiger partial charge in [0.1, 0.15) is 35.2 Å². The van der Waals surface area contributed by atoms with Crippen LogP contribution in [-0.4, -0.2) is 95.1 Å². The van der Waals surface area contributed by atoms with Crippen molar-refractivity contribution in [1.82, 2.24) is 30.0 Å². The van der Waals surface area contributed by atoms with E-state index >= 15 is 0 Å². The van der Waals surface area contributed by atoms with Crippen LogP contribution in [0.2, 0.25) is 5.02 Å². The summed E-state index contributed by atoms with van der Waals surface area (Å²) in [5, 5.41) is 48.1. The maximum Gasteiger partial charge on any atom is 0.372 e. The van der Waals surface area contributed by atoms with E-state index in [1.807, 2.05) is 19.9 Å². The SMILES string of the molecule is CSc1ccc2nn(CC(=O)[C@H]3CC[C@H]4[C@@H]5CC[C@H]6C[C@](C)(O)CC[C@]6(C)[C@H]5CC[C@]34C)nc2c1.C[C@@]1(O)CC[C@@]2(C)[C@@H](CC[C@@H]3[C@@H]2CC[C@]2(C)[C@@H](C(=O)Cn4nc5ccc(S(C)(=O)=O)cc5n4)CC[C@@H]32)C1.O=C(OO)c1cccc(Cl)c1. The van der Waals surface area contributed by atoms with Gasteiger partial charge in [-0.05, 0) is 259 Å². The van der Waals surface area contributed by atoms with Crippen molar-refractivity contribution in [3.63, 3.8) is 0 Å². The molecule has 0 unspecified atom stereocenters. The van der Waals surface area contributed by atoms with Crippen molar-refractivity contribution < 1.29 is 43.2 Å². The number of hydrogen-bond donors (Lipinski definition) is 3. The summed E-state index contributed by atoms with van der Waals surface area (Å²) in [7, 11) is -3.33. The Labute approximate surface area is 499 Å². The molecular weight excluding hydrogens is 1110 g/mol. The molecule has 0 amide bonds. The Bertz CT molecular complexity index is 3400. The Morgan fingerprint density at radius 2 is 1.06 bits per heavy atom. The lowest BCUT2D eigenvalue weighted by atomic mass is 9.44. The van der Waals surface area contributed by atoms with Gasteiger partial charge in [-0.2, -0.15) is 35.2 Å². The van der Waals surface area contributed by atoms with E-state index in [2.05, 4.69) is 71.4 Å². The first-order valence-corrected chi connectivity index (χ1v) is 34.2. The second kappa shape index (κ2) is 22.5. The van der Waals surface area contributed by atoms with Crippen LogP contribution < -0.4 is 0 Å². The van der Waals surface area contributed by atoms with Crippen molar-refractivity contribution in [2.75, 3.05) is 12.5 Å². The standard InChI is InChI=1S/C29H41N3O4S.C29H41N3O2S.C7H5ClO3/c1-27(34)13-14-28(2)18(16-27)5-7-20-21-8-9-23(29(21,3)12-11-22(20)28)26(33)17-32-30-24-10-6-19(37(4,35)36)15-25(24)31-32;1-27(34)13-14-28(2)18(16-27)5-7-20-21-8-9-23(29(21,3)12-11-22(20)28)26(33)17-32-30-24-10-6-19(35-4)15-25(24)31-32;8-6-3-1-2-5(4-6)7(9)11-10/h6,10,15,18,20-23,34H,5,7-9,11-14,16-17H2,1-4H3;6,10,15,18,20-23,34H,5,7-9,11-14,16-17H2,1-4H3;1-4,10H/t2*18-,20-,21-,22-,23+,27+,28-,29-;/m00./s1. The maximum absolute atomic E-state index is 13.7. The van der Waals surface area contributed by atoms with Crippen LogP contribution in [-0.2, 0) is 37.4 Å². The summed E-state index contributed by atoms with van der Waals surface area (Å²) in [5.41, 5.74) is 2.89. The minimum absolute atomic E-state index is 0.0248. The molecule has 3 aromatic carbocycles. The van der Waals surface area contributed by atoms with Gasteiger partial charge in [0.2, 0.25) is 0 Å². The summed E-state index contributed by atoms with van der Waals surface area (Å²) in [6.45, 7) is 14.3. The van der Waals surface area contributed by atoms with Crippen molar-refractivity contribution in [2.45, 2.75) is 191 Å². The first-order chi connectivity index (χ1) is 39.2. The quantitative estimate of drug-likeness (QED) is 0.0711. The molecule has 8 fully saturated rings. The molecule has 3 N–H and O–H groups in total. The highest BCUT2D eigenvalue weighted by atomic mass is 35.5. The normalized spacial score (nSPS) is 37.9. The fourth-order valence-corrected chi connectivity index (χ4v) is 20.7. The van der Waals surface area contributed by atoms with Gasteiger partial charge >= 0.3 is 5.97 Å². The fourth-order valence-electron chi connectivity index (χ4n) is 19.5. The van der Waals surface area contributed by atoms with E-state index < -0.39 is 27.0 Å². The molecule has 450 valence electrons. The Kier molecular flexibility index (Phi) is 16.4. The molecule has 0 saturated heterocycles. The highest BCUT2D eigenvalue weighted by molar-refractivity contribution is 7.98. The molecule has 18 heteroatoms. The Morgan fingerprint density at radius 1 is 0.590 bits per heavy atom. The third kappa shape index (κ3) is 11.4. The van der Waals surface area contributed by atoms with Gasteiger partial charge in [-0.1, -0.05) is 45.4 Å². The van der Waals surface area contributed by atoms with E-state index in [0.717, 1.165) is 87.1 Å². The number of thioether (sulfide) groups is 1. The largest absolute Gasteiger partial charge is 0.390 e. The van der Waals surface area contributed by atoms with Crippen LogP contribution in [0.4, 0.5) is 0 Å². The van der Waals surface area contributed by atoms with Gasteiger partial charge in [0.25, 0.3) is 0 Å². The summed E-state index contributed by atoms with van der Waals surface area (Å²) in [6, 6.07) is 17.0. The first kappa shape index (κ1) is 60.4. The van der Waals surface area contributed by atoms with Crippen molar-refractivity contribution >= 4 is 72.8 Å². The van der Waals surface area contributed by atoms with E-state index in [1.165, 1.54) is 85.5 Å². The molecule has 2 aromatic heterocycles. The molecule has 0 radical (unpaired) electrons. The molecular formula is C65H87ClN6O9S2. The summed E-state index contributed by atoms with van der Waals surface area (Å²) in [5.74, 6) is 5.27. The number of benzene rings is 3. The molecule has 16 atom stereocenters. The minimum atomic E-state index is -3.33. The van der Waals surface area contributed by atoms with Crippen LogP contribution in [0.5, 0.6) is 0 Å². The van der Waals surface area contributed by atoms with E-state index in [9.17, 15) is 33.0 Å². The Morgan fingerprint density at radius 3 is 1.53 bits per heavy atom. The van der Waals surface area contributed by atoms with Crippen LogP contribution in [0.1, 0.15) is 167 Å². The molecule has 8 aliphatic carbocycles. The van der Waals surface area contributed by atoms with Gasteiger partial charge in [-0.3, -0.25) is 14.5 Å². The average Bonchev–Trinajstić information content (AvgIpc) is 2.55. The second-order valence-electron chi connectivity index (χ2n) is 28.6. The molecule has 83 heavy (non-hydrogen) atoms. The lowest BCUT2D eigenvalue weighted by Crippen LogP contribution is -2.55. The van der Waals surface area contributed by atoms with Gasteiger partial charge in [0, 0.05) is 28.0 Å². The third-order valence-electron chi connectivity index (χ3n) is 23.9. The zero-order valence-electron chi connectivity index (χ0n) is 49.9. The molecule has 2 heterocycles. The zero-order valence-corrected chi connectivity index (χ0v) is 52.2. The highest BCUT2D eigenvalue weighted by Gasteiger charge is 2.64. The van der Waals surface area contributed by atoms with Crippen LogP contribution in [0.25, 0.3) is 22.1 Å². The number of fused-ring (bicyclic) bond motifs is 12. The average molecular weight is 1200 g/mol. The summed E-state index contributed by atoms with van der Waals surface area (Å²) in [4.78, 5) is 46.0. The number of rotatable bonds is 9. The molecule has 8 saturated carbocycles. The number of carbonyl (C=O) groups excluding carboxylic acids is 3. The predicted molar refractivity (Wildman–Crippen MR) is 321 cm³/mol. The summed E-state index contributed by atoms with van der Waals surface area (Å²) < 4.78 is 23.8. The van der Waals surface area contributed by atoms with Crippen molar-refractivity contribution in [3.05, 3.63) is 71.2 Å². The minimum Gasteiger partial charge on any atom is -0.390 e.